The van der Waals surface area contributed by atoms with Crippen molar-refractivity contribution >= 4 is 17.5 Å². The Morgan fingerprint density at radius 1 is 1.21 bits per heavy atom. The number of benzene rings is 1. The molecular formula is C25H33F3N4O2. The summed E-state index contributed by atoms with van der Waals surface area (Å²) in [6.07, 6.45) is -1.23. The molecule has 0 bridgehead atoms. The number of piperidine rings is 1. The topological polar surface area (TPSA) is 67.6 Å². The summed E-state index contributed by atoms with van der Waals surface area (Å²) in [5, 5.41) is 9.05. The van der Waals surface area contributed by atoms with E-state index < -0.39 is 17.8 Å². The molecule has 1 aromatic carbocycles. The molecular weight excluding hydrogens is 445 g/mol. The lowest BCUT2D eigenvalue weighted by Crippen LogP contribution is -2.47. The van der Waals surface area contributed by atoms with Gasteiger partial charge in [-0.1, -0.05) is 13.8 Å². The van der Waals surface area contributed by atoms with Crippen molar-refractivity contribution < 1.29 is 22.8 Å². The number of carbonyl (C=O) groups excluding carboxylic acids is 2. The Bertz CT molecular complexity index is 958. The molecule has 0 aromatic heterocycles. The monoisotopic (exact) mass is 478 g/mol. The van der Waals surface area contributed by atoms with Crippen molar-refractivity contribution in [3.8, 4) is 6.07 Å². The number of anilines is 1. The van der Waals surface area contributed by atoms with Crippen molar-refractivity contribution in [3.63, 3.8) is 0 Å². The second-order valence-corrected chi connectivity index (χ2v) is 9.76. The van der Waals surface area contributed by atoms with Gasteiger partial charge in [0, 0.05) is 45.3 Å². The fourth-order valence-electron chi connectivity index (χ4n) is 5.34. The quantitative estimate of drug-likeness (QED) is 0.633. The number of amides is 2. The summed E-state index contributed by atoms with van der Waals surface area (Å²) in [6, 6.07) is 4.95. The van der Waals surface area contributed by atoms with E-state index in [2.05, 4.69) is 0 Å². The average Bonchev–Trinajstić information content (AvgIpc) is 3.17. The molecule has 34 heavy (non-hydrogen) atoms. The molecule has 0 radical (unpaired) electrons. The highest BCUT2D eigenvalue weighted by Crippen LogP contribution is 2.45. The molecule has 6 nitrogen and oxygen atoms in total. The second kappa shape index (κ2) is 9.85. The zero-order valence-electron chi connectivity index (χ0n) is 20.3. The van der Waals surface area contributed by atoms with Gasteiger partial charge in [-0.15, -0.1) is 0 Å². The maximum absolute atomic E-state index is 13.4. The number of nitriles is 1. The van der Waals surface area contributed by atoms with Crippen molar-refractivity contribution in [1.29, 1.82) is 5.26 Å². The Morgan fingerprint density at radius 3 is 2.32 bits per heavy atom. The van der Waals surface area contributed by atoms with Crippen LogP contribution in [0.4, 0.5) is 18.9 Å². The first-order chi connectivity index (χ1) is 16.0. The van der Waals surface area contributed by atoms with Crippen molar-refractivity contribution in [2.45, 2.75) is 58.2 Å². The number of rotatable bonds is 5. The van der Waals surface area contributed by atoms with E-state index in [0.717, 1.165) is 18.9 Å². The van der Waals surface area contributed by atoms with Gasteiger partial charge in [0.25, 0.3) is 0 Å². The third-order valence-electron chi connectivity index (χ3n) is 7.47. The van der Waals surface area contributed by atoms with Gasteiger partial charge < -0.3 is 14.7 Å². The van der Waals surface area contributed by atoms with Crippen molar-refractivity contribution in [2.24, 2.45) is 11.3 Å². The van der Waals surface area contributed by atoms with Gasteiger partial charge in [0.15, 0.2) is 0 Å². The zero-order chi connectivity index (χ0) is 25.3. The summed E-state index contributed by atoms with van der Waals surface area (Å²) in [5.74, 6) is -0.181. The van der Waals surface area contributed by atoms with E-state index in [1.165, 1.54) is 11.0 Å². The number of carbonyl (C=O) groups is 2. The Balaban J connectivity index is 1.80. The smallest absolute Gasteiger partial charge is 0.371 e. The number of alkyl halides is 3. The third-order valence-corrected chi connectivity index (χ3v) is 7.47. The summed E-state index contributed by atoms with van der Waals surface area (Å²) in [6.45, 7) is 5.51. The minimum Gasteiger partial charge on any atom is -0.371 e. The molecule has 1 spiro atoms. The minimum absolute atomic E-state index is 0.0198. The second-order valence-electron chi connectivity index (χ2n) is 9.76. The van der Waals surface area contributed by atoms with E-state index >= 15 is 0 Å². The van der Waals surface area contributed by atoms with Crippen molar-refractivity contribution in [1.82, 2.24) is 9.80 Å². The number of likely N-dealkylation sites (tertiary alicyclic amines) is 1. The summed E-state index contributed by atoms with van der Waals surface area (Å²) in [5.41, 5.74) is -1.10. The molecule has 1 atom stereocenters. The molecule has 3 rings (SSSR count). The van der Waals surface area contributed by atoms with E-state index in [-0.39, 0.29) is 28.7 Å². The van der Waals surface area contributed by atoms with Crippen LogP contribution < -0.4 is 4.90 Å². The van der Waals surface area contributed by atoms with Gasteiger partial charge in [-0.3, -0.25) is 9.59 Å². The molecule has 2 saturated heterocycles. The first-order valence-corrected chi connectivity index (χ1v) is 11.8. The van der Waals surface area contributed by atoms with E-state index in [1.807, 2.05) is 18.7 Å². The van der Waals surface area contributed by atoms with Crippen LogP contribution >= 0.6 is 0 Å². The van der Waals surface area contributed by atoms with E-state index in [9.17, 15) is 22.8 Å². The minimum atomic E-state index is -4.60. The molecule has 2 heterocycles. The van der Waals surface area contributed by atoms with Crippen LogP contribution in [0.5, 0.6) is 0 Å². The average molecular weight is 479 g/mol. The van der Waals surface area contributed by atoms with E-state index in [1.54, 1.807) is 31.1 Å². The summed E-state index contributed by atoms with van der Waals surface area (Å²) in [4.78, 5) is 31.4. The van der Waals surface area contributed by atoms with Crippen LogP contribution in [0.2, 0.25) is 0 Å². The number of hydrogen-bond donors (Lipinski definition) is 0. The Hall–Kier alpha value is -2.76. The van der Waals surface area contributed by atoms with Crippen molar-refractivity contribution in [2.75, 3.05) is 38.6 Å². The molecule has 0 N–H and O–H groups in total. The van der Waals surface area contributed by atoms with Crippen LogP contribution in [0.1, 0.15) is 57.1 Å². The molecule has 1 aromatic rings. The normalized spacial score (nSPS) is 20.0. The SMILES string of the molecule is CCC(CC)C(=O)N1CC2(CCN(c3ccc(C#N)c(C(F)(F)F)c3)CC2)CC1C(=O)N(C)C. The lowest BCUT2D eigenvalue weighted by molar-refractivity contribution is -0.145. The molecule has 2 aliphatic heterocycles. The number of halogens is 3. The summed E-state index contributed by atoms with van der Waals surface area (Å²) in [7, 11) is 3.39. The number of nitrogens with zero attached hydrogens (tertiary/aromatic N) is 4. The first-order valence-electron chi connectivity index (χ1n) is 11.8. The lowest BCUT2D eigenvalue weighted by atomic mass is 9.76. The number of hydrogen-bond acceptors (Lipinski definition) is 4. The Labute approximate surface area is 199 Å². The molecule has 0 aliphatic carbocycles. The molecule has 2 aliphatic rings. The maximum atomic E-state index is 13.4. The molecule has 2 fully saturated rings. The van der Waals surface area contributed by atoms with Gasteiger partial charge >= 0.3 is 6.18 Å². The predicted molar refractivity (Wildman–Crippen MR) is 123 cm³/mol. The highest BCUT2D eigenvalue weighted by molar-refractivity contribution is 5.89. The highest BCUT2D eigenvalue weighted by atomic mass is 19.4. The predicted octanol–water partition coefficient (Wildman–Crippen LogP) is 4.29. The van der Waals surface area contributed by atoms with Gasteiger partial charge in [-0.05, 0) is 55.7 Å². The van der Waals surface area contributed by atoms with Crippen LogP contribution in [0.15, 0.2) is 18.2 Å². The first kappa shape index (κ1) is 25.9. The van der Waals surface area contributed by atoms with Gasteiger partial charge in [0.1, 0.15) is 6.04 Å². The number of likely N-dealkylation sites (N-methyl/N-ethyl adjacent to an activating group) is 1. The van der Waals surface area contributed by atoms with Crippen LogP contribution in [0, 0.1) is 22.7 Å². The fraction of sp³-hybridized carbons (Fsp3) is 0.640. The van der Waals surface area contributed by atoms with Crippen LogP contribution in [-0.2, 0) is 15.8 Å². The molecule has 186 valence electrons. The largest absolute Gasteiger partial charge is 0.417 e. The van der Waals surface area contributed by atoms with Gasteiger partial charge in [0.2, 0.25) is 11.8 Å². The summed E-state index contributed by atoms with van der Waals surface area (Å²) < 4.78 is 40.2. The zero-order valence-corrected chi connectivity index (χ0v) is 20.3. The fourth-order valence-corrected chi connectivity index (χ4v) is 5.34. The van der Waals surface area contributed by atoms with E-state index in [0.29, 0.717) is 44.6 Å². The van der Waals surface area contributed by atoms with Gasteiger partial charge in [-0.2, -0.15) is 18.4 Å². The van der Waals surface area contributed by atoms with Gasteiger partial charge in [-0.25, -0.2) is 0 Å². The van der Waals surface area contributed by atoms with Crippen LogP contribution in [0.25, 0.3) is 0 Å². The Morgan fingerprint density at radius 2 is 1.82 bits per heavy atom. The summed E-state index contributed by atoms with van der Waals surface area (Å²) >= 11 is 0. The highest BCUT2D eigenvalue weighted by Gasteiger charge is 2.50. The van der Waals surface area contributed by atoms with Gasteiger partial charge in [0.05, 0.1) is 17.2 Å². The maximum Gasteiger partial charge on any atom is 0.417 e. The van der Waals surface area contributed by atoms with Crippen molar-refractivity contribution in [3.05, 3.63) is 29.3 Å². The van der Waals surface area contributed by atoms with E-state index in [4.69, 9.17) is 5.26 Å². The van der Waals surface area contributed by atoms with Crippen LogP contribution in [-0.4, -0.2) is 61.4 Å². The standard InChI is InChI=1S/C25H33F3N4O2/c1-5-17(6-2)22(33)32-16-24(14-21(32)23(34)30(3)4)9-11-31(12-10-24)19-8-7-18(15-29)20(13-19)25(26,27)28/h7-8,13,17,21H,5-6,9-12,14,16H2,1-4H3. The third kappa shape index (κ3) is 5.01. The molecule has 1 unspecified atom stereocenters. The lowest BCUT2D eigenvalue weighted by Gasteiger charge is -2.40. The van der Waals surface area contributed by atoms with Crippen LogP contribution in [0.3, 0.4) is 0 Å². The Kier molecular flexibility index (Phi) is 7.49. The molecule has 2 amide bonds. The molecule has 9 heteroatoms. The molecule has 0 saturated carbocycles.